The molecular weight excluding hydrogens is 267 g/mol. The fraction of sp³-hybridized carbons (Fsp3) is 0.375. The number of carbonyl (C=O) groups excluding carboxylic acids is 2. The molecule has 0 atom stereocenters. The number of ether oxygens (including phenoxy) is 1. The molecule has 1 aromatic heterocycles. The van der Waals surface area contributed by atoms with Crippen molar-refractivity contribution in [3.05, 3.63) is 16.5 Å². The fourth-order valence-corrected chi connectivity index (χ4v) is 1.23. The lowest BCUT2D eigenvalue weighted by Crippen LogP contribution is -2.15. The number of carbonyl (C=O) groups is 2. The van der Waals surface area contributed by atoms with Gasteiger partial charge in [0.1, 0.15) is 12.0 Å². The Morgan fingerprint density at radius 3 is 2.53 bits per heavy atom. The van der Waals surface area contributed by atoms with Gasteiger partial charge in [0.25, 0.3) is 0 Å². The number of methoxy groups -OCH3 is 1. The summed E-state index contributed by atoms with van der Waals surface area (Å²) < 4.78 is 45.4. The standard InChI is InChI=1S/C8H5ClF3NO4/c1-16-4(15)2-3(14)5-6(8(10,11)12)13-17-7(5)9/h2H2,1H3. The Morgan fingerprint density at radius 2 is 2.06 bits per heavy atom. The Morgan fingerprint density at radius 1 is 1.47 bits per heavy atom. The second-order valence-corrected chi connectivity index (χ2v) is 3.20. The van der Waals surface area contributed by atoms with Crippen LogP contribution in [-0.4, -0.2) is 24.0 Å². The summed E-state index contributed by atoms with van der Waals surface area (Å²) in [6.45, 7) is 0. The maximum Gasteiger partial charge on any atom is 0.437 e. The second-order valence-electron chi connectivity index (χ2n) is 2.85. The van der Waals surface area contributed by atoms with Crippen LogP contribution in [0.4, 0.5) is 13.2 Å². The first-order valence-electron chi connectivity index (χ1n) is 4.09. The van der Waals surface area contributed by atoms with Crippen LogP contribution in [-0.2, 0) is 15.7 Å². The van der Waals surface area contributed by atoms with Gasteiger partial charge in [0, 0.05) is 0 Å². The molecule has 0 saturated carbocycles. The van der Waals surface area contributed by atoms with Gasteiger partial charge in [0.15, 0.2) is 11.5 Å². The maximum absolute atomic E-state index is 12.4. The number of Topliss-reactive ketones (excluding diaryl/α,β-unsaturated/α-hetero) is 1. The first-order valence-corrected chi connectivity index (χ1v) is 4.47. The lowest BCUT2D eigenvalue weighted by molar-refractivity contribution is -0.143. The highest BCUT2D eigenvalue weighted by Crippen LogP contribution is 2.34. The molecule has 0 aliphatic carbocycles. The molecule has 1 aromatic rings. The molecule has 1 rings (SSSR count). The number of ketones is 1. The summed E-state index contributed by atoms with van der Waals surface area (Å²) in [6, 6.07) is 0. The summed E-state index contributed by atoms with van der Waals surface area (Å²) in [4.78, 5) is 22.1. The highest BCUT2D eigenvalue weighted by Gasteiger charge is 2.41. The zero-order chi connectivity index (χ0) is 13.2. The van der Waals surface area contributed by atoms with Gasteiger partial charge in [-0.2, -0.15) is 13.2 Å². The van der Waals surface area contributed by atoms with Crippen molar-refractivity contribution >= 4 is 23.4 Å². The molecule has 94 valence electrons. The van der Waals surface area contributed by atoms with Gasteiger partial charge in [0.2, 0.25) is 5.22 Å². The molecule has 0 unspecified atom stereocenters. The molecule has 0 aromatic carbocycles. The monoisotopic (exact) mass is 271 g/mol. The van der Waals surface area contributed by atoms with Crippen LogP contribution in [0, 0.1) is 0 Å². The van der Waals surface area contributed by atoms with E-state index in [4.69, 9.17) is 11.6 Å². The summed E-state index contributed by atoms with van der Waals surface area (Å²) in [7, 11) is 0.996. The average Bonchev–Trinajstić information content (AvgIpc) is 2.59. The third kappa shape index (κ3) is 2.96. The van der Waals surface area contributed by atoms with Gasteiger partial charge in [-0.15, -0.1) is 0 Å². The smallest absolute Gasteiger partial charge is 0.437 e. The van der Waals surface area contributed by atoms with E-state index in [0.29, 0.717) is 0 Å². The Balaban J connectivity index is 3.09. The molecule has 0 aliphatic rings. The van der Waals surface area contributed by atoms with Crippen LogP contribution in [0.3, 0.4) is 0 Å². The van der Waals surface area contributed by atoms with Crippen molar-refractivity contribution in [3.63, 3.8) is 0 Å². The van der Waals surface area contributed by atoms with Crippen LogP contribution in [0.25, 0.3) is 0 Å². The van der Waals surface area contributed by atoms with Crippen LogP contribution >= 0.6 is 11.6 Å². The zero-order valence-corrected chi connectivity index (χ0v) is 9.06. The van der Waals surface area contributed by atoms with E-state index in [9.17, 15) is 22.8 Å². The molecule has 0 bridgehead atoms. The van der Waals surface area contributed by atoms with Gasteiger partial charge in [0.05, 0.1) is 7.11 Å². The van der Waals surface area contributed by atoms with E-state index in [2.05, 4.69) is 14.4 Å². The highest BCUT2D eigenvalue weighted by atomic mass is 35.5. The van der Waals surface area contributed by atoms with Gasteiger partial charge in [-0.3, -0.25) is 9.59 Å². The number of hydrogen-bond acceptors (Lipinski definition) is 5. The van der Waals surface area contributed by atoms with E-state index >= 15 is 0 Å². The van der Waals surface area contributed by atoms with Crippen molar-refractivity contribution in [3.8, 4) is 0 Å². The average molecular weight is 272 g/mol. The summed E-state index contributed by atoms with van der Waals surface area (Å²) in [5, 5.41) is 1.82. The van der Waals surface area contributed by atoms with Gasteiger partial charge in [-0.1, -0.05) is 5.16 Å². The molecule has 0 aliphatic heterocycles. The number of alkyl halides is 3. The molecule has 0 saturated heterocycles. The largest absolute Gasteiger partial charge is 0.469 e. The third-order valence-electron chi connectivity index (χ3n) is 1.73. The minimum atomic E-state index is -4.89. The van der Waals surface area contributed by atoms with Crippen LogP contribution in [0.2, 0.25) is 5.22 Å². The molecule has 0 radical (unpaired) electrons. The summed E-state index contributed by atoms with van der Waals surface area (Å²) >= 11 is 5.27. The SMILES string of the molecule is COC(=O)CC(=O)c1c(C(F)(F)F)noc1Cl. The molecule has 0 amide bonds. The van der Waals surface area contributed by atoms with E-state index < -0.39 is 40.8 Å². The van der Waals surface area contributed by atoms with E-state index in [0.717, 1.165) is 7.11 Å². The zero-order valence-electron chi connectivity index (χ0n) is 8.30. The molecule has 5 nitrogen and oxygen atoms in total. The van der Waals surface area contributed by atoms with Crippen LogP contribution in [0.5, 0.6) is 0 Å². The number of nitrogens with zero attached hydrogens (tertiary/aromatic N) is 1. The van der Waals surface area contributed by atoms with Crippen LogP contribution < -0.4 is 0 Å². The molecule has 1 heterocycles. The van der Waals surface area contributed by atoms with Crippen molar-refractivity contribution in [2.45, 2.75) is 12.6 Å². The predicted octanol–water partition coefficient (Wildman–Crippen LogP) is 2.09. The Hall–Kier alpha value is -1.57. The quantitative estimate of drug-likeness (QED) is 0.478. The van der Waals surface area contributed by atoms with Crippen molar-refractivity contribution in [2.24, 2.45) is 0 Å². The van der Waals surface area contributed by atoms with Gasteiger partial charge in [-0.25, -0.2) is 0 Å². The van der Waals surface area contributed by atoms with E-state index in [1.165, 1.54) is 0 Å². The first kappa shape index (κ1) is 13.5. The number of rotatable bonds is 3. The fourth-order valence-electron chi connectivity index (χ4n) is 0.997. The third-order valence-corrected chi connectivity index (χ3v) is 1.99. The minimum Gasteiger partial charge on any atom is -0.469 e. The maximum atomic E-state index is 12.4. The number of halogens is 4. The minimum absolute atomic E-state index is 0.814. The van der Waals surface area contributed by atoms with Crippen molar-refractivity contribution < 1.29 is 32.0 Å². The Labute approximate surface area is 97.5 Å². The van der Waals surface area contributed by atoms with E-state index in [1.807, 2.05) is 0 Å². The predicted molar refractivity (Wildman–Crippen MR) is 47.5 cm³/mol. The lowest BCUT2D eigenvalue weighted by Gasteiger charge is -2.03. The second kappa shape index (κ2) is 4.74. The van der Waals surface area contributed by atoms with Crippen LogP contribution in [0.15, 0.2) is 4.52 Å². The molecule has 0 spiro atoms. The van der Waals surface area contributed by atoms with Crippen LogP contribution in [0.1, 0.15) is 22.5 Å². The molecule has 17 heavy (non-hydrogen) atoms. The van der Waals surface area contributed by atoms with Gasteiger partial charge in [-0.05, 0) is 11.6 Å². The van der Waals surface area contributed by atoms with Crippen molar-refractivity contribution in [2.75, 3.05) is 7.11 Å². The normalized spacial score (nSPS) is 11.4. The number of hydrogen-bond donors (Lipinski definition) is 0. The first-order chi connectivity index (χ1) is 7.77. The topological polar surface area (TPSA) is 69.4 Å². The molecule has 9 heteroatoms. The summed E-state index contributed by atoms with van der Waals surface area (Å²) in [5.74, 6) is -2.16. The lowest BCUT2D eigenvalue weighted by atomic mass is 10.1. The van der Waals surface area contributed by atoms with Gasteiger partial charge < -0.3 is 9.26 Å². The Bertz CT molecular complexity index is 454. The number of esters is 1. The summed E-state index contributed by atoms with van der Waals surface area (Å²) in [5.41, 5.74) is -2.53. The summed E-state index contributed by atoms with van der Waals surface area (Å²) in [6.07, 6.45) is -5.77. The highest BCUT2D eigenvalue weighted by molar-refractivity contribution is 6.32. The van der Waals surface area contributed by atoms with Gasteiger partial charge >= 0.3 is 12.1 Å². The van der Waals surface area contributed by atoms with Crippen molar-refractivity contribution in [1.82, 2.24) is 5.16 Å². The number of aromatic nitrogens is 1. The Kier molecular flexibility index (Phi) is 3.76. The van der Waals surface area contributed by atoms with Crippen molar-refractivity contribution in [1.29, 1.82) is 0 Å². The van der Waals surface area contributed by atoms with E-state index in [1.54, 1.807) is 0 Å². The molecule has 0 fully saturated rings. The molecule has 0 N–H and O–H groups in total. The van der Waals surface area contributed by atoms with E-state index in [-0.39, 0.29) is 0 Å². The molecular formula is C8H5ClF3NO4.